The van der Waals surface area contributed by atoms with E-state index in [9.17, 15) is 9.59 Å². The van der Waals surface area contributed by atoms with Crippen molar-refractivity contribution in [2.24, 2.45) is 0 Å². The van der Waals surface area contributed by atoms with Crippen molar-refractivity contribution in [3.05, 3.63) is 48.0 Å². The van der Waals surface area contributed by atoms with Crippen LogP contribution in [0.4, 0.5) is 5.69 Å². The molecule has 0 fully saturated rings. The number of benzene rings is 2. The molecule has 0 atom stereocenters. The first-order chi connectivity index (χ1) is 11.1. The number of carbonyl (C=O) groups is 2. The maximum absolute atomic E-state index is 12.0. The molecule has 0 aliphatic carbocycles. The van der Waals surface area contributed by atoms with E-state index in [-0.39, 0.29) is 18.3 Å². The molecule has 1 heterocycles. The van der Waals surface area contributed by atoms with Crippen LogP contribution in [-0.2, 0) is 4.79 Å². The van der Waals surface area contributed by atoms with Gasteiger partial charge in [-0.25, -0.2) is 0 Å². The zero-order chi connectivity index (χ0) is 16.2. The van der Waals surface area contributed by atoms with Crippen molar-refractivity contribution < 1.29 is 14.3 Å². The van der Waals surface area contributed by atoms with Crippen LogP contribution in [0.3, 0.4) is 0 Å². The van der Waals surface area contributed by atoms with Crippen LogP contribution in [0.1, 0.15) is 17.3 Å². The molecule has 116 valence electrons. The second-order valence-corrected chi connectivity index (χ2v) is 5.38. The molecule has 2 aromatic carbocycles. The number of nitrogens with zero attached hydrogens (tertiary/aromatic N) is 2. The number of amides is 1. The van der Waals surface area contributed by atoms with Gasteiger partial charge >= 0.3 is 0 Å². The molecule has 7 heteroatoms. The lowest BCUT2D eigenvalue weighted by atomic mass is 10.1. The molecule has 1 amide bonds. The molecule has 3 aromatic rings. The summed E-state index contributed by atoms with van der Waals surface area (Å²) < 4.78 is 13.7. The van der Waals surface area contributed by atoms with E-state index in [1.54, 1.807) is 36.4 Å². The molecule has 1 aromatic heterocycles. The van der Waals surface area contributed by atoms with E-state index in [1.807, 2.05) is 6.07 Å². The van der Waals surface area contributed by atoms with Crippen molar-refractivity contribution >= 4 is 40.1 Å². The van der Waals surface area contributed by atoms with Crippen molar-refractivity contribution in [3.8, 4) is 5.75 Å². The molecule has 0 saturated heterocycles. The van der Waals surface area contributed by atoms with Crippen molar-refractivity contribution in [2.45, 2.75) is 6.92 Å². The van der Waals surface area contributed by atoms with Gasteiger partial charge in [0.1, 0.15) is 16.8 Å². The largest absolute Gasteiger partial charge is 0.484 e. The number of hydrogen-bond acceptors (Lipinski definition) is 6. The standard InChI is InChI=1S/C16H13N3O3S/c1-10(20)11-5-7-12(8-6-11)22-9-15(21)17-13-3-2-4-14-16(13)19-23-18-14/h2-8H,9H2,1H3,(H,17,21). The van der Waals surface area contributed by atoms with Crippen molar-refractivity contribution in [1.82, 2.24) is 8.75 Å². The molecule has 6 nitrogen and oxygen atoms in total. The number of ether oxygens (including phenoxy) is 1. The number of anilines is 1. The Balaban J connectivity index is 1.61. The van der Waals surface area contributed by atoms with Crippen LogP contribution in [0.2, 0.25) is 0 Å². The summed E-state index contributed by atoms with van der Waals surface area (Å²) in [7, 11) is 0. The zero-order valence-corrected chi connectivity index (χ0v) is 13.1. The summed E-state index contributed by atoms with van der Waals surface area (Å²) in [6.07, 6.45) is 0. The van der Waals surface area contributed by atoms with Gasteiger partial charge in [0.2, 0.25) is 0 Å². The van der Waals surface area contributed by atoms with Gasteiger partial charge in [-0.2, -0.15) is 8.75 Å². The van der Waals surface area contributed by atoms with Crippen LogP contribution in [0.5, 0.6) is 5.75 Å². The highest BCUT2D eigenvalue weighted by atomic mass is 32.1. The predicted octanol–water partition coefficient (Wildman–Crippen LogP) is 2.91. The van der Waals surface area contributed by atoms with Crippen LogP contribution in [-0.4, -0.2) is 27.0 Å². The number of hydrogen-bond donors (Lipinski definition) is 1. The van der Waals surface area contributed by atoms with E-state index in [0.29, 0.717) is 22.5 Å². The van der Waals surface area contributed by atoms with Crippen LogP contribution in [0, 0.1) is 0 Å². The van der Waals surface area contributed by atoms with Gasteiger partial charge in [-0.1, -0.05) is 6.07 Å². The van der Waals surface area contributed by atoms with E-state index >= 15 is 0 Å². The fraction of sp³-hybridized carbons (Fsp3) is 0.125. The SMILES string of the molecule is CC(=O)c1ccc(OCC(=O)Nc2cccc3nsnc23)cc1. The summed E-state index contributed by atoms with van der Waals surface area (Å²) in [5, 5.41) is 2.76. The van der Waals surface area contributed by atoms with E-state index in [0.717, 1.165) is 17.2 Å². The van der Waals surface area contributed by atoms with Gasteiger partial charge in [-0.05, 0) is 43.3 Å². The summed E-state index contributed by atoms with van der Waals surface area (Å²) in [5.41, 5.74) is 2.62. The van der Waals surface area contributed by atoms with Crippen LogP contribution in [0.25, 0.3) is 11.0 Å². The minimum absolute atomic E-state index is 0.0146. The summed E-state index contributed by atoms with van der Waals surface area (Å²) in [6.45, 7) is 1.37. The molecule has 0 radical (unpaired) electrons. The molecular weight excluding hydrogens is 314 g/mol. The summed E-state index contributed by atoms with van der Waals surface area (Å²) in [5.74, 6) is 0.221. The first kappa shape index (κ1) is 15.1. The fourth-order valence-corrected chi connectivity index (χ4v) is 2.58. The first-order valence-electron chi connectivity index (χ1n) is 6.88. The maximum atomic E-state index is 12.0. The van der Waals surface area contributed by atoms with Crippen molar-refractivity contribution in [3.63, 3.8) is 0 Å². The fourth-order valence-electron chi connectivity index (χ4n) is 2.03. The van der Waals surface area contributed by atoms with E-state index in [1.165, 1.54) is 6.92 Å². The highest BCUT2D eigenvalue weighted by Gasteiger charge is 2.09. The van der Waals surface area contributed by atoms with E-state index < -0.39 is 0 Å². The molecule has 3 rings (SSSR count). The Hall–Kier alpha value is -2.80. The molecule has 0 saturated carbocycles. The smallest absolute Gasteiger partial charge is 0.262 e. The summed E-state index contributed by atoms with van der Waals surface area (Å²) >= 11 is 1.10. The molecule has 0 spiro atoms. The third-order valence-electron chi connectivity index (χ3n) is 3.19. The Morgan fingerprint density at radius 3 is 2.65 bits per heavy atom. The van der Waals surface area contributed by atoms with E-state index in [4.69, 9.17) is 4.74 Å². The van der Waals surface area contributed by atoms with Gasteiger partial charge in [0.05, 0.1) is 17.4 Å². The van der Waals surface area contributed by atoms with Gasteiger partial charge in [0, 0.05) is 5.56 Å². The van der Waals surface area contributed by atoms with Crippen LogP contribution in [0.15, 0.2) is 42.5 Å². The number of fused-ring (bicyclic) bond motifs is 1. The second kappa shape index (κ2) is 6.53. The molecule has 0 bridgehead atoms. The van der Waals surface area contributed by atoms with Crippen LogP contribution < -0.4 is 10.1 Å². The molecule has 0 unspecified atom stereocenters. The van der Waals surface area contributed by atoms with Gasteiger partial charge in [0.15, 0.2) is 12.4 Å². The lowest BCUT2D eigenvalue weighted by Crippen LogP contribution is -2.20. The van der Waals surface area contributed by atoms with Crippen molar-refractivity contribution in [1.29, 1.82) is 0 Å². The number of carbonyl (C=O) groups excluding carboxylic acids is 2. The third kappa shape index (κ3) is 3.51. The number of nitrogens with one attached hydrogen (secondary N) is 1. The third-order valence-corrected chi connectivity index (χ3v) is 3.73. The molecule has 0 aliphatic rings. The quantitative estimate of drug-likeness (QED) is 0.729. The number of aromatic nitrogens is 2. The van der Waals surface area contributed by atoms with Crippen molar-refractivity contribution in [2.75, 3.05) is 11.9 Å². The van der Waals surface area contributed by atoms with Crippen LogP contribution >= 0.6 is 11.7 Å². The van der Waals surface area contributed by atoms with Gasteiger partial charge in [-0.15, -0.1) is 0 Å². The highest BCUT2D eigenvalue weighted by Crippen LogP contribution is 2.21. The molecule has 23 heavy (non-hydrogen) atoms. The Kier molecular flexibility index (Phi) is 4.29. The van der Waals surface area contributed by atoms with E-state index in [2.05, 4.69) is 14.1 Å². The molecule has 0 aliphatic heterocycles. The summed E-state index contributed by atoms with van der Waals surface area (Å²) in [4.78, 5) is 23.2. The number of rotatable bonds is 5. The maximum Gasteiger partial charge on any atom is 0.262 e. The molecular formula is C16H13N3O3S. The second-order valence-electron chi connectivity index (χ2n) is 4.85. The van der Waals surface area contributed by atoms with Gasteiger partial charge in [0.25, 0.3) is 5.91 Å². The zero-order valence-electron chi connectivity index (χ0n) is 12.3. The topological polar surface area (TPSA) is 81.2 Å². The average Bonchev–Trinajstić information content (AvgIpc) is 3.03. The van der Waals surface area contributed by atoms with Gasteiger partial charge < -0.3 is 10.1 Å². The van der Waals surface area contributed by atoms with Gasteiger partial charge in [-0.3, -0.25) is 9.59 Å². The number of ketones is 1. The predicted molar refractivity (Wildman–Crippen MR) is 88.0 cm³/mol. The lowest BCUT2D eigenvalue weighted by Gasteiger charge is -2.08. The summed E-state index contributed by atoms with van der Waals surface area (Å²) in [6, 6.07) is 12.1. The first-order valence-corrected chi connectivity index (χ1v) is 7.61. The Morgan fingerprint density at radius 1 is 1.13 bits per heavy atom. The minimum Gasteiger partial charge on any atom is -0.484 e. The highest BCUT2D eigenvalue weighted by molar-refractivity contribution is 7.00. The number of Topliss-reactive ketones (excluding diaryl/α,β-unsaturated/α-hetero) is 1. The average molecular weight is 327 g/mol. The monoisotopic (exact) mass is 327 g/mol. The Morgan fingerprint density at radius 2 is 1.91 bits per heavy atom. The lowest BCUT2D eigenvalue weighted by molar-refractivity contribution is -0.118. The minimum atomic E-state index is -0.291. The Bertz CT molecular complexity index is 858. The normalized spacial score (nSPS) is 10.5. The Labute approximate surface area is 136 Å². The molecule has 1 N–H and O–H groups in total.